The number of dihydropyridines is 1. The number of carboxylic acid groups (broad SMARTS) is 2. The summed E-state index contributed by atoms with van der Waals surface area (Å²) in [7, 11) is 0. The zero-order chi connectivity index (χ0) is 11.7. The Bertz CT molecular complexity index is 361. The molecule has 0 fully saturated rings. The third-order valence-corrected chi connectivity index (χ3v) is 2.71. The highest BCUT2D eigenvalue weighted by atomic mass is 32.1. The van der Waals surface area contributed by atoms with Gasteiger partial charge < -0.3 is 15.5 Å². The van der Waals surface area contributed by atoms with Crippen LogP contribution in [0.2, 0.25) is 0 Å². The topological polar surface area (TPSA) is 86.6 Å². The first-order chi connectivity index (χ1) is 6.86. The molecule has 1 aliphatic heterocycles. The summed E-state index contributed by atoms with van der Waals surface area (Å²) in [6.45, 7) is 3.16. The molecule has 0 spiro atoms. The lowest BCUT2D eigenvalue weighted by Crippen LogP contribution is -2.32. The molecule has 1 aliphatic rings. The van der Waals surface area contributed by atoms with E-state index in [0.717, 1.165) is 0 Å². The van der Waals surface area contributed by atoms with E-state index < -0.39 is 17.2 Å². The van der Waals surface area contributed by atoms with Gasteiger partial charge in [-0.3, -0.25) is 0 Å². The number of carbonyl (C=O) groups is 2. The number of aliphatic carboxylic acids is 2. The maximum Gasteiger partial charge on any atom is 0.334 e. The van der Waals surface area contributed by atoms with Gasteiger partial charge in [-0.25, -0.2) is 9.59 Å². The molecule has 0 unspecified atom stereocenters. The number of hydrogen-bond acceptors (Lipinski definition) is 4. The third-order valence-electron chi connectivity index (χ3n) is 2.19. The number of carboxylic acids is 2. The van der Waals surface area contributed by atoms with Crippen molar-refractivity contribution in [2.45, 2.75) is 19.1 Å². The van der Waals surface area contributed by atoms with Gasteiger partial charge in [0.25, 0.3) is 0 Å². The van der Waals surface area contributed by atoms with Gasteiger partial charge >= 0.3 is 11.9 Å². The summed E-state index contributed by atoms with van der Waals surface area (Å²) in [4.78, 5) is 21.8. The van der Waals surface area contributed by atoms with Gasteiger partial charge in [0.15, 0.2) is 0 Å². The van der Waals surface area contributed by atoms with Gasteiger partial charge in [-0.2, -0.15) is 12.6 Å². The minimum Gasteiger partial charge on any atom is -0.478 e. The lowest BCUT2D eigenvalue weighted by atomic mass is 9.97. The van der Waals surface area contributed by atoms with Crippen LogP contribution >= 0.6 is 12.6 Å². The summed E-state index contributed by atoms with van der Waals surface area (Å²) >= 11 is 4.03. The van der Waals surface area contributed by atoms with Crippen molar-refractivity contribution in [3.63, 3.8) is 0 Å². The van der Waals surface area contributed by atoms with Gasteiger partial charge in [0.1, 0.15) is 0 Å². The van der Waals surface area contributed by atoms with E-state index in [-0.39, 0.29) is 11.1 Å². The van der Waals surface area contributed by atoms with Gasteiger partial charge in [0, 0.05) is 11.4 Å². The Morgan fingerprint density at radius 3 is 1.73 bits per heavy atom. The molecule has 0 saturated heterocycles. The van der Waals surface area contributed by atoms with Crippen LogP contribution in [0.25, 0.3) is 0 Å². The number of allylic oxidation sites excluding steroid dienone is 2. The summed E-state index contributed by atoms with van der Waals surface area (Å²) in [5, 5.41) is 19.6. The number of thiol groups is 1. The number of hydrogen-bond donors (Lipinski definition) is 4. The molecule has 6 heteroatoms. The molecule has 0 aromatic rings. The SMILES string of the molecule is CC1=C(C(=O)O)C(S)C(C(=O)O)=C(C)N1. The molecule has 0 aliphatic carbocycles. The minimum atomic E-state index is -1.16. The molecule has 5 nitrogen and oxygen atoms in total. The summed E-state index contributed by atoms with van der Waals surface area (Å²) < 4.78 is 0. The second kappa shape index (κ2) is 3.98. The molecule has 0 aromatic carbocycles. The fourth-order valence-electron chi connectivity index (χ4n) is 1.53. The molecule has 0 aromatic heterocycles. The van der Waals surface area contributed by atoms with Crippen molar-refractivity contribution in [3.05, 3.63) is 22.5 Å². The van der Waals surface area contributed by atoms with Crippen LogP contribution < -0.4 is 5.32 Å². The predicted octanol–water partition coefficient (Wildman–Crippen LogP) is 0.605. The largest absolute Gasteiger partial charge is 0.478 e. The predicted molar refractivity (Wildman–Crippen MR) is 56.6 cm³/mol. The lowest BCUT2D eigenvalue weighted by molar-refractivity contribution is -0.133. The normalized spacial score (nSPS) is 17.8. The highest BCUT2D eigenvalue weighted by Crippen LogP contribution is 2.27. The molecular weight excluding hydrogens is 218 g/mol. The standard InChI is InChI=1S/C9H11NO4S/c1-3-5(8(11)12)7(15)6(9(13)14)4(2)10-3/h7,10,15H,1-2H3,(H,11,12)(H,13,14). The Balaban J connectivity index is 3.22. The summed E-state index contributed by atoms with van der Waals surface area (Å²) in [6.07, 6.45) is 0. The molecule has 0 bridgehead atoms. The average molecular weight is 229 g/mol. The van der Waals surface area contributed by atoms with Crippen molar-refractivity contribution in [2.24, 2.45) is 0 Å². The molecule has 15 heavy (non-hydrogen) atoms. The lowest BCUT2D eigenvalue weighted by Gasteiger charge is -2.24. The Labute approximate surface area is 91.9 Å². The Morgan fingerprint density at radius 2 is 1.47 bits per heavy atom. The molecule has 1 rings (SSSR count). The van der Waals surface area contributed by atoms with Crippen molar-refractivity contribution >= 4 is 24.6 Å². The van der Waals surface area contributed by atoms with Gasteiger partial charge in [-0.15, -0.1) is 0 Å². The fraction of sp³-hybridized carbons (Fsp3) is 0.333. The van der Waals surface area contributed by atoms with Crippen LogP contribution in [0.1, 0.15) is 13.8 Å². The van der Waals surface area contributed by atoms with Crippen LogP contribution in [-0.2, 0) is 9.59 Å². The van der Waals surface area contributed by atoms with E-state index in [4.69, 9.17) is 10.2 Å². The van der Waals surface area contributed by atoms with Crippen molar-refractivity contribution in [3.8, 4) is 0 Å². The summed E-state index contributed by atoms with van der Waals surface area (Å²) in [5.41, 5.74) is 0.790. The second-order valence-electron chi connectivity index (χ2n) is 3.22. The van der Waals surface area contributed by atoms with E-state index in [1.165, 1.54) is 0 Å². The maximum atomic E-state index is 10.9. The highest BCUT2D eigenvalue weighted by Gasteiger charge is 2.32. The van der Waals surface area contributed by atoms with Crippen LogP contribution in [0.3, 0.4) is 0 Å². The van der Waals surface area contributed by atoms with Crippen molar-refractivity contribution in [1.82, 2.24) is 5.32 Å². The monoisotopic (exact) mass is 229 g/mol. The zero-order valence-electron chi connectivity index (χ0n) is 8.24. The first kappa shape index (κ1) is 11.6. The van der Waals surface area contributed by atoms with Gasteiger partial charge in [-0.05, 0) is 13.8 Å². The average Bonchev–Trinajstić information content (AvgIpc) is 1.99. The second-order valence-corrected chi connectivity index (χ2v) is 3.73. The third kappa shape index (κ3) is 1.99. The van der Waals surface area contributed by atoms with Crippen LogP contribution in [0.4, 0.5) is 0 Å². The minimum absolute atomic E-state index is 0.0265. The van der Waals surface area contributed by atoms with E-state index in [1.54, 1.807) is 13.8 Å². The molecule has 1 heterocycles. The maximum absolute atomic E-state index is 10.9. The molecule has 0 radical (unpaired) electrons. The van der Waals surface area contributed by atoms with E-state index in [0.29, 0.717) is 11.4 Å². The number of nitrogens with one attached hydrogen (secondary N) is 1. The van der Waals surface area contributed by atoms with Crippen molar-refractivity contribution in [2.75, 3.05) is 0 Å². The highest BCUT2D eigenvalue weighted by molar-refractivity contribution is 7.81. The van der Waals surface area contributed by atoms with E-state index in [1.807, 2.05) is 0 Å². The quantitative estimate of drug-likeness (QED) is 0.521. The Kier molecular flexibility index (Phi) is 3.09. The Hall–Kier alpha value is -1.43. The van der Waals surface area contributed by atoms with E-state index in [2.05, 4.69) is 17.9 Å². The first-order valence-electron chi connectivity index (χ1n) is 4.19. The van der Waals surface area contributed by atoms with Crippen molar-refractivity contribution in [1.29, 1.82) is 0 Å². The summed E-state index contributed by atoms with van der Waals surface area (Å²) in [6, 6.07) is 0. The molecule has 82 valence electrons. The van der Waals surface area contributed by atoms with Gasteiger partial charge in [-0.1, -0.05) is 0 Å². The molecular formula is C9H11NO4S. The van der Waals surface area contributed by atoms with Crippen LogP contribution in [0, 0.1) is 0 Å². The zero-order valence-corrected chi connectivity index (χ0v) is 9.13. The van der Waals surface area contributed by atoms with Gasteiger partial charge in [0.2, 0.25) is 0 Å². The Morgan fingerprint density at radius 1 is 1.13 bits per heavy atom. The smallest absolute Gasteiger partial charge is 0.334 e. The molecule has 3 N–H and O–H groups in total. The van der Waals surface area contributed by atoms with Crippen LogP contribution in [0.15, 0.2) is 22.5 Å². The molecule has 0 saturated carbocycles. The van der Waals surface area contributed by atoms with Crippen LogP contribution in [-0.4, -0.2) is 27.4 Å². The molecule has 0 amide bonds. The number of rotatable bonds is 2. The molecule has 0 atom stereocenters. The first-order valence-corrected chi connectivity index (χ1v) is 4.71. The van der Waals surface area contributed by atoms with Gasteiger partial charge in [0.05, 0.1) is 16.4 Å². The van der Waals surface area contributed by atoms with E-state index >= 15 is 0 Å². The van der Waals surface area contributed by atoms with Crippen molar-refractivity contribution < 1.29 is 19.8 Å². The van der Waals surface area contributed by atoms with Crippen LogP contribution in [0.5, 0.6) is 0 Å². The fourth-order valence-corrected chi connectivity index (χ4v) is 2.13. The van der Waals surface area contributed by atoms with E-state index in [9.17, 15) is 9.59 Å². The summed E-state index contributed by atoms with van der Waals surface area (Å²) in [5.74, 6) is -2.32.